The van der Waals surface area contributed by atoms with Gasteiger partial charge in [-0.2, -0.15) is 0 Å². The summed E-state index contributed by atoms with van der Waals surface area (Å²) in [4.78, 5) is 0. The van der Waals surface area contributed by atoms with Crippen molar-refractivity contribution in [1.29, 1.82) is 0 Å². The first kappa shape index (κ1) is 12.6. The molecule has 0 atom stereocenters. The van der Waals surface area contributed by atoms with Crippen molar-refractivity contribution in [2.75, 3.05) is 5.88 Å². The van der Waals surface area contributed by atoms with E-state index >= 15 is 0 Å². The Balaban J connectivity index is 0. The molecule has 0 amide bonds. The van der Waals surface area contributed by atoms with Crippen molar-refractivity contribution in [2.45, 2.75) is 3.79 Å². The predicted molar refractivity (Wildman–Crippen MR) is 36.9 cm³/mol. The Kier molecular flexibility index (Phi) is 11.1. The minimum atomic E-state index is -1.28. The summed E-state index contributed by atoms with van der Waals surface area (Å²) < 4.78 is -1.28. The third kappa shape index (κ3) is 15.7. The van der Waals surface area contributed by atoms with Gasteiger partial charge in [0.2, 0.25) is 3.79 Å². The molecule has 0 aliphatic carbocycles. The zero-order valence-electron chi connectivity index (χ0n) is 3.41. The maximum absolute atomic E-state index is 5.12. The van der Waals surface area contributed by atoms with Gasteiger partial charge in [-0.05, 0) is 0 Å². The van der Waals surface area contributed by atoms with E-state index in [0.717, 1.165) is 0 Å². The molecule has 0 aromatic rings. The molecule has 6 heteroatoms. The van der Waals surface area contributed by atoms with Crippen LogP contribution in [0.15, 0.2) is 0 Å². The summed E-state index contributed by atoms with van der Waals surface area (Å²) in [5.74, 6) is 0.0394. The summed E-state index contributed by atoms with van der Waals surface area (Å²) in [5, 5.41) is 0. The van der Waals surface area contributed by atoms with Crippen LogP contribution in [0.1, 0.15) is 0 Å². The van der Waals surface area contributed by atoms with Gasteiger partial charge in [0.15, 0.2) is 0 Å². The molecule has 0 aliphatic heterocycles. The summed E-state index contributed by atoms with van der Waals surface area (Å²) in [6.45, 7) is 0. The third-order valence-corrected chi connectivity index (χ3v) is 1.36. The van der Waals surface area contributed by atoms with Crippen molar-refractivity contribution >= 4 is 56.6 Å². The molecule has 0 nitrogen and oxygen atoms in total. The molecule has 0 aromatic carbocycles. The molecule has 0 spiro atoms. The normalized spacial score (nSPS) is 9.88. The molecule has 0 aromatic heterocycles. The summed E-state index contributed by atoms with van der Waals surface area (Å²) in [6.07, 6.45) is 0. The fraction of sp³-hybridized carbons (Fsp3) is 1.00. The number of alkyl halides is 4. The molecule has 0 rings (SSSR count). The van der Waals surface area contributed by atoms with Gasteiger partial charge >= 0.3 is 24.8 Å². The Labute approximate surface area is 80.4 Å². The second-order valence-electron chi connectivity index (χ2n) is 0.749. The van der Waals surface area contributed by atoms with Crippen LogP contribution >= 0.6 is 56.6 Å². The maximum atomic E-state index is 5.12. The fourth-order valence-corrected chi connectivity index (χ4v) is 0. The van der Waals surface area contributed by atoms with Crippen LogP contribution in [-0.2, 0) is 14.6 Å². The van der Waals surface area contributed by atoms with Crippen LogP contribution < -0.4 is 0 Å². The molecule has 0 fully saturated rings. The third-order valence-electron chi connectivity index (χ3n) is 0.152. The van der Waals surface area contributed by atoms with Gasteiger partial charge in [0, 0.05) is 0 Å². The van der Waals surface area contributed by atoms with Gasteiger partial charge in [-0.15, -0.1) is 11.6 Å². The van der Waals surface area contributed by atoms with Gasteiger partial charge in [0.25, 0.3) is 0 Å². The Bertz CT molecular complexity index is 40.2. The van der Waals surface area contributed by atoms with Crippen LogP contribution in [0.25, 0.3) is 0 Å². The molecule has 8 heavy (non-hydrogen) atoms. The molecule has 0 unspecified atom stereocenters. The second kappa shape index (κ2) is 7.06. The standard InChI is InChI=1S/C2H2Cl4.ClH.Ni/c3-1-2(4,5)6;;/h1H2;1H;/q;;+1/p-1. The van der Waals surface area contributed by atoms with Crippen LogP contribution in [0.3, 0.4) is 0 Å². The molecule has 0 radical (unpaired) electrons. The van der Waals surface area contributed by atoms with Gasteiger partial charge < -0.3 is 0 Å². The Morgan fingerprint density at radius 3 is 1.25 bits per heavy atom. The Hall–Kier alpha value is 1.94. The van der Waals surface area contributed by atoms with E-state index in [2.05, 4.69) is 24.8 Å². The average molecular weight is 262 g/mol. The van der Waals surface area contributed by atoms with Crippen LogP contribution in [-0.4, -0.2) is 9.67 Å². The zero-order valence-corrected chi connectivity index (χ0v) is 8.18. The summed E-state index contributed by atoms with van der Waals surface area (Å²) in [5.41, 5.74) is 0. The monoisotopic (exact) mass is 259 g/mol. The van der Waals surface area contributed by atoms with E-state index in [4.69, 9.17) is 46.4 Å². The number of rotatable bonds is 0. The van der Waals surface area contributed by atoms with Crippen LogP contribution in [0.4, 0.5) is 0 Å². The molecule has 55 valence electrons. The Morgan fingerprint density at radius 2 is 1.25 bits per heavy atom. The average Bonchev–Trinajstić information content (AvgIpc) is 1.71. The number of hydrogen-bond acceptors (Lipinski definition) is 0. The Morgan fingerprint density at radius 1 is 1.12 bits per heavy atom. The van der Waals surface area contributed by atoms with Crippen LogP contribution in [0.2, 0.25) is 0 Å². The van der Waals surface area contributed by atoms with Crippen molar-refractivity contribution in [3.63, 3.8) is 0 Å². The topological polar surface area (TPSA) is 0 Å². The van der Waals surface area contributed by atoms with E-state index in [0.29, 0.717) is 0 Å². The van der Waals surface area contributed by atoms with Gasteiger partial charge in [0.05, 0.1) is 5.88 Å². The summed E-state index contributed by atoms with van der Waals surface area (Å²) in [6, 6.07) is 0. The SMILES string of the molecule is ClCC(Cl)(Cl)Cl.[Cl][Ni]. The van der Waals surface area contributed by atoms with Gasteiger partial charge in [-0.3, -0.25) is 0 Å². The van der Waals surface area contributed by atoms with Crippen molar-refractivity contribution in [2.24, 2.45) is 0 Å². The van der Waals surface area contributed by atoms with Crippen molar-refractivity contribution in [3.05, 3.63) is 0 Å². The molecular formula is C2H2Cl5Ni. The van der Waals surface area contributed by atoms with Crippen molar-refractivity contribution in [3.8, 4) is 0 Å². The van der Waals surface area contributed by atoms with Gasteiger partial charge in [-0.1, -0.05) is 34.8 Å². The van der Waals surface area contributed by atoms with E-state index < -0.39 is 3.79 Å². The first-order chi connectivity index (χ1) is 3.56. The summed E-state index contributed by atoms with van der Waals surface area (Å²) >= 11 is 23.8. The summed E-state index contributed by atoms with van der Waals surface area (Å²) in [7, 11) is 4.26. The van der Waals surface area contributed by atoms with E-state index in [1.165, 1.54) is 0 Å². The van der Waals surface area contributed by atoms with Gasteiger partial charge in [0.1, 0.15) is 0 Å². The molecule has 0 aliphatic rings. The van der Waals surface area contributed by atoms with Crippen molar-refractivity contribution < 1.29 is 14.6 Å². The molecule has 0 bridgehead atoms. The minimum absolute atomic E-state index is 0.0394. The number of halogens is 5. The quantitative estimate of drug-likeness (QED) is 0.464. The fourth-order valence-electron chi connectivity index (χ4n) is 0. The van der Waals surface area contributed by atoms with Gasteiger partial charge in [-0.25, -0.2) is 0 Å². The molecule has 0 saturated carbocycles. The van der Waals surface area contributed by atoms with Crippen LogP contribution in [0, 0.1) is 0 Å². The predicted octanol–water partition coefficient (Wildman–Crippen LogP) is 3.28. The van der Waals surface area contributed by atoms with E-state index in [9.17, 15) is 0 Å². The van der Waals surface area contributed by atoms with E-state index in [1.807, 2.05) is 0 Å². The first-order valence-electron chi connectivity index (χ1n) is 1.31. The van der Waals surface area contributed by atoms with E-state index in [1.54, 1.807) is 0 Å². The number of hydrogen-bond donors (Lipinski definition) is 0. The first-order valence-corrected chi connectivity index (χ1v) is 4.33. The van der Waals surface area contributed by atoms with E-state index in [-0.39, 0.29) is 5.88 Å². The van der Waals surface area contributed by atoms with Crippen LogP contribution in [0.5, 0.6) is 0 Å². The molecule has 0 saturated heterocycles. The molecule has 0 N–H and O–H groups in total. The zero-order chi connectivity index (χ0) is 7.21. The second-order valence-corrected chi connectivity index (χ2v) is 3.53. The molecular weight excluding hydrogens is 260 g/mol. The van der Waals surface area contributed by atoms with Crippen molar-refractivity contribution in [1.82, 2.24) is 0 Å². The molecule has 0 heterocycles.